The SMILES string of the molecule is O=C([C@@H]1CCCN1)N1CCOc2c1ccc(Br)c2-c1c(Br)ccc2c1OCCN2C(=O)[C@@H]1CCCN1. The van der Waals surface area contributed by atoms with Crippen LogP contribution in [-0.4, -0.2) is 63.3 Å². The highest BCUT2D eigenvalue weighted by Gasteiger charge is 2.36. The molecule has 0 spiro atoms. The van der Waals surface area contributed by atoms with Gasteiger partial charge < -0.3 is 29.9 Å². The monoisotopic (exact) mass is 618 g/mol. The zero-order valence-corrected chi connectivity index (χ0v) is 23.0. The molecule has 0 unspecified atom stereocenters. The lowest BCUT2D eigenvalue weighted by Crippen LogP contribution is -2.47. The van der Waals surface area contributed by atoms with Gasteiger partial charge >= 0.3 is 0 Å². The maximum atomic E-state index is 13.4. The second kappa shape index (κ2) is 9.96. The number of carbonyl (C=O) groups is 2. The summed E-state index contributed by atoms with van der Waals surface area (Å²) in [6, 6.07) is 7.44. The smallest absolute Gasteiger partial charge is 0.244 e. The number of carbonyl (C=O) groups excluding carboxylic acids is 2. The zero-order chi connectivity index (χ0) is 24.8. The van der Waals surface area contributed by atoms with Crippen LogP contribution in [0.1, 0.15) is 25.7 Å². The van der Waals surface area contributed by atoms with E-state index in [0.29, 0.717) is 37.8 Å². The molecule has 0 aromatic heterocycles. The summed E-state index contributed by atoms with van der Waals surface area (Å²) < 4.78 is 14.1. The third-order valence-electron chi connectivity index (χ3n) is 7.38. The maximum absolute atomic E-state index is 13.4. The molecule has 0 bridgehead atoms. The third kappa shape index (κ3) is 4.12. The summed E-state index contributed by atoms with van der Waals surface area (Å²) in [5.41, 5.74) is 3.12. The predicted molar refractivity (Wildman–Crippen MR) is 145 cm³/mol. The van der Waals surface area contributed by atoms with Crippen LogP contribution in [0.4, 0.5) is 11.4 Å². The van der Waals surface area contributed by atoms with E-state index in [1.807, 2.05) is 34.1 Å². The van der Waals surface area contributed by atoms with Crippen LogP contribution in [0, 0.1) is 0 Å². The van der Waals surface area contributed by atoms with Gasteiger partial charge in [0.05, 0.1) is 36.5 Å². The molecule has 2 N–H and O–H groups in total. The van der Waals surface area contributed by atoms with Gasteiger partial charge in [0.15, 0.2) is 11.5 Å². The van der Waals surface area contributed by atoms with E-state index >= 15 is 0 Å². The molecule has 0 radical (unpaired) electrons. The van der Waals surface area contributed by atoms with Crippen LogP contribution in [0.3, 0.4) is 0 Å². The minimum atomic E-state index is -0.161. The van der Waals surface area contributed by atoms with Crippen LogP contribution in [0.5, 0.6) is 11.5 Å². The van der Waals surface area contributed by atoms with Gasteiger partial charge in [0.1, 0.15) is 13.2 Å². The van der Waals surface area contributed by atoms with Crippen LogP contribution in [0.15, 0.2) is 33.2 Å². The van der Waals surface area contributed by atoms with E-state index < -0.39 is 0 Å². The van der Waals surface area contributed by atoms with Crippen molar-refractivity contribution in [3.05, 3.63) is 33.2 Å². The molecule has 10 heteroatoms. The summed E-state index contributed by atoms with van der Waals surface area (Å²) >= 11 is 7.47. The first-order chi connectivity index (χ1) is 17.5. The Kier molecular flexibility index (Phi) is 6.70. The largest absolute Gasteiger partial charge is 0.489 e. The molecule has 2 amide bonds. The summed E-state index contributed by atoms with van der Waals surface area (Å²) in [7, 11) is 0. The Morgan fingerprint density at radius 2 is 1.19 bits per heavy atom. The molecule has 4 aliphatic heterocycles. The maximum Gasteiger partial charge on any atom is 0.244 e. The third-order valence-corrected chi connectivity index (χ3v) is 8.70. The number of nitrogens with zero attached hydrogens (tertiary/aromatic N) is 2. The van der Waals surface area contributed by atoms with Gasteiger partial charge in [0.25, 0.3) is 0 Å². The van der Waals surface area contributed by atoms with Crippen molar-refractivity contribution in [1.29, 1.82) is 0 Å². The number of hydrogen-bond acceptors (Lipinski definition) is 6. The Morgan fingerprint density at radius 1 is 0.750 bits per heavy atom. The highest BCUT2D eigenvalue weighted by molar-refractivity contribution is 9.11. The van der Waals surface area contributed by atoms with Crippen molar-refractivity contribution in [3.8, 4) is 22.6 Å². The van der Waals surface area contributed by atoms with Crippen molar-refractivity contribution in [1.82, 2.24) is 10.6 Å². The van der Waals surface area contributed by atoms with Crippen LogP contribution in [0.2, 0.25) is 0 Å². The lowest BCUT2D eigenvalue weighted by atomic mass is 9.99. The lowest BCUT2D eigenvalue weighted by Gasteiger charge is -2.35. The van der Waals surface area contributed by atoms with Crippen LogP contribution in [-0.2, 0) is 9.59 Å². The molecule has 4 aliphatic rings. The molecule has 6 rings (SSSR count). The fourth-order valence-corrected chi connectivity index (χ4v) is 6.64. The van der Waals surface area contributed by atoms with E-state index in [9.17, 15) is 9.59 Å². The number of hydrogen-bond donors (Lipinski definition) is 2. The van der Waals surface area contributed by atoms with Gasteiger partial charge in [-0.3, -0.25) is 9.59 Å². The highest BCUT2D eigenvalue weighted by atomic mass is 79.9. The number of amides is 2. The Labute approximate surface area is 226 Å². The van der Waals surface area contributed by atoms with E-state index in [2.05, 4.69) is 42.5 Å². The van der Waals surface area contributed by atoms with E-state index in [-0.39, 0.29) is 23.9 Å². The van der Waals surface area contributed by atoms with Gasteiger partial charge in [0, 0.05) is 20.1 Å². The molecule has 0 saturated carbocycles. The molecule has 190 valence electrons. The average molecular weight is 620 g/mol. The van der Waals surface area contributed by atoms with Crippen LogP contribution < -0.4 is 29.9 Å². The van der Waals surface area contributed by atoms with Gasteiger partial charge in [-0.25, -0.2) is 0 Å². The summed E-state index contributed by atoms with van der Waals surface area (Å²) in [6.07, 6.45) is 3.71. The zero-order valence-electron chi connectivity index (χ0n) is 19.8. The first-order valence-electron chi connectivity index (χ1n) is 12.5. The van der Waals surface area contributed by atoms with E-state index in [1.54, 1.807) is 0 Å². The van der Waals surface area contributed by atoms with Gasteiger partial charge in [-0.1, -0.05) is 31.9 Å². The van der Waals surface area contributed by atoms with Crippen molar-refractivity contribution >= 4 is 55.0 Å². The van der Waals surface area contributed by atoms with Crippen molar-refractivity contribution in [2.45, 2.75) is 37.8 Å². The Balaban J connectivity index is 1.45. The molecule has 2 aromatic carbocycles. The quantitative estimate of drug-likeness (QED) is 0.543. The van der Waals surface area contributed by atoms with E-state index in [1.165, 1.54) is 0 Å². The topological polar surface area (TPSA) is 83.1 Å². The number of nitrogens with one attached hydrogen (secondary N) is 2. The van der Waals surface area contributed by atoms with Gasteiger partial charge in [0.2, 0.25) is 11.8 Å². The number of ether oxygens (including phenoxy) is 2. The first-order valence-corrected chi connectivity index (χ1v) is 14.1. The Morgan fingerprint density at radius 3 is 1.58 bits per heavy atom. The molecule has 8 nitrogen and oxygen atoms in total. The number of rotatable bonds is 3. The van der Waals surface area contributed by atoms with Crippen molar-refractivity contribution in [2.75, 3.05) is 49.2 Å². The lowest BCUT2D eigenvalue weighted by molar-refractivity contribution is -0.121. The highest BCUT2D eigenvalue weighted by Crippen LogP contribution is 2.53. The molecule has 4 heterocycles. The van der Waals surface area contributed by atoms with Crippen molar-refractivity contribution < 1.29 is 19.1 Å². The minimum Gasteiger partial charge on any atom is -0.489 e. The molecule has 2 aromatic rings. The summed E-state index contributed by atoms with van der Waals surface area (Å²) in [5, 5.41) is 6.64. The van der Waals surface area contributed by atoms with Crippen molar-refractivity contribution in [3.63, 3.8) is 0 Å². The molecular formula is C26H28Br2N4O4. The van der Waals surface area contributed by atoms with Gasteiger partial charge in [-0.2, -0.15) is 0 Å². The fraction of sp³-hybridized carbons (Fsp3) is 0.462. The first kappa shape index (κ1) is 24.2. The number of anilines is 2. The van der Waals surface area contributed by atoms with Crippen molar-refractivity contribution in [2.24, 2.45) is 0 Å². The summed E-state index contributed by atoms with van der Waals surface area (Å²) in [4.78, 5) is 30.4. The second-order valence-electron chi connectivity index (χ2n) is 9.52. The predicted octanol–water partition coefficient (Wildman–Crippen LogP) is 3.83. The molecule has 36 heavy (non-hydrogen) atoms. The van der Waals surface area contributed by atoms with Crippen LogP contribution in [0.25, 0.3) is 11.1 Å². The Hall–Kier alpha value is -2.14. The molecule has 2 fully saturated rings. The minimum absolute atomic E-state index is 0.0802. The molecule has 2 atom stereocenters. The second-order valence-corrected chi connectivity index (χ2v) is 11.2. The fourth-order valence-electron chi connectivity index (χ4n) is 5.62. The summed E-state index contributed by atoms with van der Waals surface area (Å²) in [5.74, 6) is 1.44. The summed E-state index contributed by atoms with van der Waals surface area (Å²) in [6.45, 7) is 3.55. The van der Waals surface area contributed by atoms with Gasteiger partial charge in [-0.05, 0) is 63.0 Å². The van der Waals surface area contributed by atoms with E-state index in [0.717, 1.165) is 70.2 Å². The number of fused-ring (bicyclic) bond motifs is 2. The molecular weight excluding hydrogens is 592 g/mol. The normalized spacial score (nSPS) is 23.1. The average Bonchev–Trinajstić information content (AvgIpc) is 3.63. The number of benzene rings is 2. The Bertz CT molecular complexity index is 1120. The standard InChI is InChI=1S/C26H28Br2N4O4/c27-15-5-7-19-23(35-13-11-31(19)25(33)17-3-1-9-29-17)21(15)22-16(28)6-8-20-24(22)36-14-12-32(20)26(34)18-4-2-10-30-18/h5-8,17-18,29-30H,1-4,9-14H2/t17-,18-/m0/s1. The molecule has 2 saturated heterocycles. The van der Waals surface area contributed by atoms with Gasteiger partial charge in [-0.15, -0.1) is 0 Å². The molecule has 0 aliphatic carbocycles. The number of halogens is 2. The van der Waals surface area contributed by atoms with Crippen LogP contribution >= 0.6 is 31.9 Å². The van der Waals surface area contributed by atoms with E-state index in [4.69, 9.17) is 9.47 Å².